The lowest BCUT2D eigenvalue weighted by Crippen LogP contribution is -2.14. The zero-order chi connectivity index (χ0) is 9.26. The van der Waals surface area contributed by atoms with Crippen LogP contribution in [0.3, 0.4) is 0 Å². The second-order valence-corrected chi connectivity index (χ2v) is 3.82. The maximum atomic E-state index is 9.80. The van der Waals surface area contributed by atoms with E-state index in [0.717, 1.165) is 19.3 Å². The summed E-state index contributed by atoms with van der Waals surface area (Å²) in [6.45, 7) is 2.05. The topological polar surface area (TPSA) is 20.2 Å². The van der Waals surface area contributed by atoms with Crippen LogP contribution in [0.1, 0.15) is 36.8 Å². The second-order valence-electron chi connectivity index (χ2n) is 3.82. The van der Waals surface area contributed by atoms with Crippen LogP contribution in [0.25, 0.3) is 0 Å². The van der Waals surface area contributed by atoms with Crippen molar-refractivity contribution in [3.63, 3.8) is 0 Å². The molecule has 0 aromatic heterocycles. The van der Waals surface area contributed by atoms with E-state index in [-0.39, 0.29) is 6.10 Å². The molecule has 2 unspecified atom stereocenters. The van der Waals surface area contributed by atoms with E-state index < -0.39 is 0 Å². The van der Waals surface area contributed by atoms with Gasteiger partial charge in [-0.05, 0) is 30.4 Å². The van der Waals surface area contributed by atoms with Gasteiger partial charge in [0.15, 0.2) is 0 Å². The molecule has 1 aliphatic rings. The Balaban J connectivity index is 2.28. The fourth-order valence-corrected chi connectivity index (χ4v) is 2.27. The SMILES string of the molecule is CCC(O)C1CCc2ccccc21. The fourth-order valence-electron chi connectivity index (χ4n) is 2.27. The van der Waals surface area contributed by atoms with Gasteiger partial charge < -0.3 is 5.11 Å². The highest BCUT2D eigenvalue weighted by molar-refractivity contribution is 5.35. The van der Waals surface area contributed by atoms with E-state index in [2.05, 4.69) is 24.3 Å². The molecule has 0 saturated heterocycles. The van der Waals surface area contributed by atoms with Crippen LogP contribution in [0.15, 0.2) is 24.3 Å². The van der Waals surface area contributed by atoms with Crippen LogP contribution in [0, 0.1) is 0 Å². The normalized spacial score (nSPS) is 22.8. The minimum absolute atomic E-state index is 0.149. The molecule has 1 heteroatoms. The van der Waals surface area contributed by atoms with Gasteiger partial charge in [0.05, 0.1) is 6.10 Å². The standard InChI is InChI=1S/C12H16O/c1-2-12(13)11-8-7-9-5-3-4-6-10(9)11/h3-6,11-13H,2,7-8H2,1H3. The minimum atomic E-state index is -0.149. The molecule has 1 N–H and O–H groups in total. The van der Waals surface area contributed by atoms with Crippen molar-refractivity contribution in [2.24, 2.45) is 0 Å². The Kier molecular flexibility index (Phi) is 2.36. The molecule has 1 aliphatic carbocycles. The van der Waals surface area contributed by atoms with Crippen LogP contribution in [0.4, 0.5) is 0 Å². The van der Waals surface area contributed by atoms with Gasteiger partial charge in [0.1, 0.15) is 0 Å². The molecule has 2 rings (SSSR count). The maximum Gasteiger partial charge on any atom is 0.0606 e. The van der Waals surface area contributed by atoms with Gasteiger partial charge in [-0.25, -0.2) is 0 Å². The largest absolute Gasteiger partial charge is 0.393 e. The molecule has 0 bridgehead atoms. The summed E-state index contributed by atoms with van der Waals surface area (Å²) in [4.78, 5) is 0. The molecule has 0 aliphatic heterocycles. The van der Waals surface area contributed by atoms with Crippen molar-refractivity contribution in [1.29, 1.82) is 0 Å². The molecule has 0 saturated carbocycles. The van der Waals surface area contributed by atoms with Crippen LogP contribution in [0.2, 0.25) is 0 Å². The van der Waals surface area contributed by atoms with E-state index in [9.17, 15) is 5.11 Å². The fraction of sp³-hybridized carbons (Fsp3) is 0.500. The lowest BCUT2D eigenvalue weighted by atomic mass is 9.94. The number of aliphatic hydroxyl groups is 1. The first-order chi connectivity index (χ1) is 6.33. The summed E-state index contributed by atoms with van der Waals surface area (Å²) < 4.78 is 0. The van der Waals surface area contributed by atoms with Crippen molar-refractivity contribution in [2.75, 3.05) is 0 Å². The lowest BCUT2D eigenvalue weighted by molar-refractivity contribution is 0.139. The monoisotopic (exact) mass is 176 g/mol. The van der Waals surface area contributed by atoms with Crippen molar-refractivity contribution in [2.45, 2.75) is 38.2 Å². The number of hydrogen-bond acceptors (Lipinski definition) is 1. The molecule has 70 valence electrons. The highest BCUT2D eigenvalue weighted by Crippen LogP contribution is 2.35. The summed E-state index contributed by atoms with van der Waals surface area (Å²) in [5.41, 5.74) is 2.80. The number of benzene rings is 1. The van der Waals surface area contributed by atoms with Gasteiger partial charge in [-0.2, -0.15) is 0 Å². The van der Waals surface area contributed by atoms with E-state index in [4.69, 9.17) is 0 Å². The molecule has 0 heterocycles. The van der Waals surface area contributed by atoms with E-state index in [1.165, 1.54) is 11.1 Å². The van der Waals surface area contributed by atoms with Gasteiger partial charge in [-0.1, -0.05) is 31.2 Å². The average Bonchev–Trinajstić information content (AvgIpc) is 2.60. The maximum absolute atomic E-state index is 9.80. The van der Waals surface area contributed by atoms with Crippen LogP contribution in [-0.4, -0.2) is 11.2 Å². The first-order valence-corrected chi connectivity index (χ1v) is 5.08. The Morgan fingerprint density at radius 1 is 1.46 bits per heavy atom. The molecule has 1 aromatic rings. The number of hydrogen-bond donors (Lipinski definition) is 1. The van der Waals surface area contributed by atoms with Gasteiger partial charge in [-0.15, -0.1) is 0 Å². The summed E-state index contributed by atoms with van der Waals surface area (Å²) in [7, 11) is 0. The third-order valence-corrected chi connectivity index (χ3v) is 3.06. The van der Waals surface area contributed by atoms with Crippen molar-refractivity contribution in [1.82, 2.24) is 0 Å². The Morgan fingerprint density at radius 3 is 3.00 bits per heavy atom. The Bertz CT molecular complexity index is 293. The molecule has 2 atom stereocenters. The van der Waals surface area contributed by atoms with Crippen LogP contribution in [-0.2, 0) is 6.42 Å². The van der Waals surface area contributed by atoms with Gasteiger partial charge in [-0.3, -0.25) is 0 Å². The number of aryl methyl sites for hydroxylation is 1. The highest BCUT2D eigenvalue weighted by atomic mass is 16.3. The van der Waals surface area contributed by atoms with E-state index in [1.54, 1.807) is 0 Å². The average molecular weight is 176 g/mol. The smallest absolute Gasteiger partial charge is 0.0606 e. The van der Waals surface area contributed by atoms with E-state index in [1.807, 2.05) is 6.92 Å². The Labute approximate surface area is 79.4 Å². The predicted octanol–water partition coefficient (Wildman–Crippen LogP) is 2.49. The molecular formula is C12H16O. The zero-order valence-corrected chi connectivity index (χ0v) is 8.03. The minimum Gasteiger partial charge on any atom is -0.393 e. The predicted molar refractivity (Wildman–Crippen MR) is 53.8 cm³/mol. The van der Waals surface area contributed by atoms with Gasteiger partial charge in [0, 0.05) is 5.92 Å². The van der Waals surface area contributed by atoms with Gasteiger partial charge in [0.25, 0.3) is 0 Å². The first kappa shape index (κ1) is 8.76. The molecule has 1 aromatic carbocycles. The molecule has 1 nitrogen and oxygen atoms in total. The van der Waals surface area contributed by atoms with E-state index >= 15 is 0 Å². The van der Waals surface area contributed by atoms with Crippen molar-refractivity contribution >= 4 is 0 Å². The zero-order valence-electron chi connectivity index (χ0n) is 8.03. The van der Waals surface area contributed by atoms with E-state index in [0.29, 0.717) is 5.92 Å². The van der Waals surface area contributed by atoms with Crippen molar-refractivity contribution in [3.8, 4) is 0 Å². The third-order valence-electron chi connectivity index (χ3n) is 3.06. The summed E-state index contributed by atoms with van der Waals surface area (Å²) in [6, 6.07) is 8.49. The Hall–Kier alpha value is -0.820. The van der Waals surface area contributed by atoms with Gasteiger partial charge in [0.2, 0.25) is 0 Å². The highest BCUT2D eigenvalue weighted by Gasteiger charge is 2.26. The molecule has 0 amide bonds. The number of fused-ring (bicyclic) bond motifs is 1. The Morgan fingerprint density at radius 2 is 2.23 bits per heavy atom. The van der Waals surface area contributed by atoms with Crippen LogP contribution >= 0.6 is 0 Å². The summed E-state index contributed by atoms with van der Waals surface area (Å²) in [5, 5.41) is 9.80. The third kappa shape index (κ3) is 1.49. The van der Waals surface area contributed by atoms with Gasteiger partial charge >= 0.3 is 0 Å². The number of aliphatic hydroxyl groups excluding tert-OH is 1. The first-order valence-electron chi connectivity index (χ1n) is 5.08. The number of rotatable bonds is 2. The summed E-state index contributed by atoms with van der Waals surface area (Å²) in [5.74, 6) is 0.390. The van der Waals surface area contributed by atoms with Crippen molar-refractivity contribution in [3.05, 3.63) is 35.4 Å². The quantitative estimate of drug-likeness (QED) is 0.734. The molecule has 0 spiro atoms. The van der Waals surface area contributed by atoms with Crippen LogP contribution < -0.4 is 0 Å². The summed E-state index contributed by atoms with van der Waals surface area (Å²) >= 11 is 0. The molecule has 0 fully saturated rings. The summed E-state index contributed by atoms with van der Waals surface area (Å²) in [6.07, 6.45) is 2.97. The second kappa shape index (κ2) is 3.51. The molecule has 13 heavy (non-hydrogen) atoms. The van der Waals surface area contributed by atoms with Crippen LogP contribution in [0.5, 0.6) is 0 Å². The van der Waals surface area contributed by atoms with Crippen molar-refractivity contribution < 1.29 is 5.11 Å². The molecule has 0 radical (unpaired) electrons. The lowest BCUT2D eigenvalue weighted by Gasteiger charge is -2.17. The molecular weight excluding hydrogens is 160 g/mol.